The van der Waals surface area contributed by atoms with Gasteiger partial charge >= 0.3 is 0 Å². The van der Waals surface area contributed by atoms with E-state index in [4.69, 9.17) is 4.42 Å². The van der Waals surface area contributed by atoms with Crippen molar-refractivity contribution in [1.29, 1.82) is 0 Å². The number of aromatic nitrogens is 1. The lowest BCUT2D eigenvalue weighted by atomic mass is 10.0. The fourth-order valence-electron chi connectivity index (χ4n) is 4.21. The van der Waals surface area contributed by atoms with E-state index in [2.05, 4.69) is 88.7 Å². The van der Waals surface area contributed by atoms with Crippen LogP contribution in [-0.4, -0.2) is 4.98 Å². The molecule has 0 N–H and O–H groups in total. The SMILES string of the molecule is c1ccc(-c2ccc(N(c3ccccc3)c3ccnc4c3oc3ccccc34)cc2)cc1. The summed E-state index contributed by atoms with van der Waals surface area (Å²) in [5, 5.41) is 1.02. The molecule has 6 rings (SSSR count). The second-order valence-corrected chi connectivity index (χ2v) is 7.69. The van der Waals surface area contributed by atoms with Gasteiger partial charge in [0.25, 0.3) is 0 Å². The molecule has 152 valence electrons. The molecule has 0 aliphatic rings. The van der Waals surface area contributed by atoms with E-state index in [1.807, 2.05) is 42.6 Å². The minimum Gasteiger partial charge on any atom is -0.452 e. The van der Waals surface area contributed by atoms with Crippen molar-refractivity contribution in [3.63, 3.8) is 0 Å². The molecule has 4 aromatic carbocycles. The van der Waals surface area contributed by atoms with Crippen LogP contribution in [0.15, 0.2) is 126 Å². The third-order valence-electron chi connectivity index (χ3n) is 5.73. The molecule has 6 aromatic rings. The summed E-state index contributed by atoms with van der Waals surface area (Å²) in [5.41, 5.74) is 7.97. The first kappa shape index (κ1) is 18.4. The normalized spacial score (nSPS) is 11.1. The first-order chi connectivity index (χ1) is 15.9. The average molecular weight is 412 g/mol. The van der Waals surface area contributed by atoms with E-state index in [0.717, 1.165) is 39.1 Å². The first-order valence-corrected chi connectivity index (χ1v) is 10.7. The van der Waals surface area contributed by atoms with Crippen LogP contribution in [0, 0.1) is 0 Å². The molecule has 0 fully saturated rings. The zero-order valence-corrected chi connectivity index (χ0v) is 17.3. The Bertz CT molecular complexity index is 1500. The predicted molar refractivity (Wildman–Crippen MR) is 132 cm³/mol. The van der Waals surface area contributed by atoms with Gasteiger partial charge in [0.15, 0.2) is 5.58 Å². The van der Waals surface area contributed by atoms with Crippen molar-refractivity contribution in [2.24, 2.45) is 0 Å². The summed E-state index contributed by atoms with van der Waals surface area (Å²) in [7, 11) is 0. The van der Waals surface area contributed by atoms with E-state index in [9.17, 15) is 0 Å². The van der Waals surface area contributed by atoms with Crippen LogP contribution in [0.1, 0.15) is 0 Å². The van der Waals surface area contributed by atoms with E-state index < -0.39 is 0 Å². The highest BCUT2D eigenvalue weighted by atomic mass is 16.3. The number of hydrogen-bond acceptors (Lipinski definition) is 3. The molecule has 2 heterocycles. The third-order valence-corrected chi connectivity index (χ3v) is 5.73. The van der Waals surface area contributed by atoms with E-state index >= 15 is 0 Å². The molecule has 0 saturated heterocycles. The van der Waals surface area contributed by atoms with Crippen molar-refractivity contribution in [2.45, 2.75) is 0 Å². The molecule has 32 heavy (non-hydrogen) atoms. The fourth-order valence-corrected chi connectivity index (χ4v) is 4.21. The number of para-hydroxylation sites is 2. The number of anilines is 3. The summed E-state index contributed by atoms with van der Waals surface area (Å²) >= 11 is 0. The zero-order valence-electron chi connectivity index (χ0n) is 17.3. The topological polar surface area (TPSA) is 29.3 Å². The van der Waals surface area contributed by atoms with Gasteiger partial charge in [-0.05, 0) is 53.6 Å². The summed E-state index contributed by atoms with van der Waals surface area (Å²) in [5.74, 6) is 0. The van der Waals surface area contributed by atoms with Gasteiger partial charge in [-0.3, -0.25) is 4.98 Å². The summed E-state index contributed by atoms with van der Waals surface area (Å²) in [4.78, 5) is 6.86. The van der Waals surface area contributed by atoms with Crippen LogP contribution in [0.3, 0.4) is 0 Å². The highest BCUT2D eigenvalue weighted by Crippen LogP contribution is 2.41. The molecular weight excluding hydrogens is 392 g/mol. The minimum atomic E-state index is 0.782. The monoisotopic (exact) mass is 412 g/mol. The van der Waals surface area contributed by atoms with Gasteiger partial charge in [-0.15, -0.1) is 0 Å². The van der Waals surface area contributed by atoms with E-state index in [1.54, 1.807) is 0 Å². The second kappa shape index (κ2) is 7.71. The van der Waals surface area contributed by atoms with E-state index in [-0.39, 0.29) is 0 Å². The Morgan fingerprint density at radius 3 is 1.97 bits per heavy atom. The number of rotatable bonds is 4. The average Bonchev–Trinajstić information content (AvgIpc) is 3.26. The van der Waals surface area contributed by atoms with Crippen molar-refractivity contribution in [3.8, 4) is 11.1 Å². The van der Waals surface area contributed by atoms with Crippen LogP contribution in [0.25, 0.3) is 33.2 Å². The molecule has 0 aliphatic carbocycles. The third kappa shape index (κ3) is 3.12. The van der Waals surface area contributed by atoms with E-state index in [1.165, 1.54) is 11.1 Å². The van der Waals surface area contributed by atoms with Gasteiger partial charge in [0.05, 0.1) is 5.69 Å². The molecule has 0 spiro atoms. The van der Waals surface area contributed by atoms with Crippen LogP contribution in [0.5, 0.6) is 0 Å². The smallest absolute Gasteiger partial charge is 0.177 e. The molecule has 0 unspecified atom stereocenters. The molecule has 0 radical (unpaired) electrons. The lowest BCUT2D eigenvalue weighted by Gasteiger charge is -2.25. The van der Waals surface area contributed by atoms with Crippen molar-refractivity contribution in [1.82, 2.24) is 4.98 Å². The number of hydrogen-bond donors (Lipinski definition) is 0. The Balaban J connectivity index is 1.54. The molecule has 3 nitrogen and oxygen atoms in total. The van der Waals surface area contributed by atoms with Crippen LogP contribution in [0.4, 0.5) is 17.1 Å². The zero-order chi connectivity index (χ0) is 21.3. The number of benzene rings is 4. The standard InChI is InChI=1S/C29H20N2O/c1-3-9-21(10-4-1)22-15-17-24(18-16-22)31(23-11-5-2-6-12-23)26-19-20-30-28-25-13-7-8-14-27(25)32-29(26)28/h1-20H. The van der Waals surface area contributed by atoms with Gasteiger partial charge in [-0.1, -0.05) is 72.8 Å². The van der Waals surface area contributed by atoms with Gasteiger partial charge in [-0.25, -0.2) is 0 Å². The second-order valence-electron chi connectivity index (χ2n) is 7.69. The Labute approximate surface area is 186 Å². The summed E-state index contributed by atoms with van der Waals surface area (Å²) in [6.07, 6.45) is 1.86. The molecule has 2 aromatic heterocycles. The van der Waals surface area contributed by atoms with Gasteiger partial charge in [0, 0.05) is 23.0 Å². The Morgan fingerprint density at radius 1 is 0.562 bits per heavy atom. The maximum absolute atomic E-state index is 6.30. The molecule has 3 heteroatoms. The summed E-state index contributed by atoms with van der Waals surface area (Å²) in [6, 6.07) is 39.5. The minimum absolute atomic E-state index is 0.782. The van der Waals surface area contributed by atoms with Gasteiger partial charge in [-0.2, -0.15) is 0 Å². The Kier molecular flexibility index (Phi) is 4.43. The number of furan rings is 1. The number of pyridine rings is 1. The van der Waals surface area contributed by atoms with Crippen molar-refractivity contribution >= 4 is 39.1 Å². The largest absolute Gasteiger partial charge is 0.452 e. The van der Waals surface area contributed by atoms with Crippen LogP contribution >= 0.6 is 0 Å². The van der Waals surface area contributed by atoms with Crippen molar-refractivity contribution < 1.29 is 4.42 Å². The van der Waals surface area contributed by atoms with Gasteiger partial charge in [0.2, 0.25) is 0 Å². The highest BCUT2D eigenvalue weighted by Gasteiger charge is 2.19. The Morgan fingerprint density at radius 2 is 1.19 bits per heavy atom. The molecular formula is C29H20N2O. The van der Waals surface area contributed by atoms with Crippen molar-refractivity contribution in [2.75, 3.05) is 4.90 Å². The Hall–Kier alpha value is -4.37. The molecule has 0 amide bonds. The number of fused-ring (bicyclic) bond motifs is 3. The maximum Gasteiger partial charge on any atom is 0.177 e. The first-order valence-electron chi connectivity index (χ1n) is 10.7. The van der Waals surface area contributed by atoms with Gasteiger partial charge < -0.3 is 9.32 Å². The fraction of sp³-hybridized carbons (Fsp3) is 0. The molecule has 0 aliphatic heterocycles. The molecule has 0 saturated carbocycles. The highest BCUT2D eigenvalue weighted by molar-refractivity contribution is 6.07. The van der Waals surface area contributed by atoms with Crippen molar-refractivity contribution in [3.05, 3.63) is 121 Å². The van der Waals surface area contributed by atoms with Crippen LogP contribution < -0.4 is 4.90 Å². The molecule has 0 atom stereocenters. The maximum atomic E-state index is 6.30. The summed E-state index contributed by atoms with van der Waals surface area (Å²) in [6.45, 7) is 0. The van der Waals surface area contributed by atoms with Crippen LogP contribution in [0.2, 0.25) is 0 Å². The van der Waals surface area contributed by atoms with E-state index in [0.29, 0.717) is 0 Å². The number of nitrogens with zero attached hydrogens (tertiary/aromatic N) is 2. The lowest BCUT2D eigenvalue weighted by Crippen LogP contribution is -2.10. The van der Waals surface area contributed by atoms with Crippen LogP contribution in [-0.2, 0) is 0 Å². The lowest BCUT2D eigenvalue weighted by molar-refractivity contribution is 0.668. The van der Waals surface area contributed by atoms with Gasteiger partial charge in [0.1, 0.15) is 11.1 Å². The summed E-state index contributed by atoms with van der Waals surface area (Å²) < 4.78 is 6.30. The predicted octanol–water partition coefficient (Wildman–Crippen LogP) is 8.12. The quantitative estimate of drug-likeness (QED) is 0.293. The molecule has 0 bridgehead atoms.